The lowest BCUT2D eigenvalue weighted by Gasteiger charge is -2.13. The second kappa shape index (κ2) is 7.81. The minimum absolute atomic E-state index is 0.542. The van der Waals surface area contributed by atoms with Gasteiger partial charge in [-0.2, -0.15) is 4.98 Å². The van der Waals surface area contributed by atoms with Crippen LogP contribution in [-0.4, -0.2) is 22.1 Å². The summed E-state index contributed by atoms with van der Waals surface area (Å²) in [6.07, 6.45) is 3.51. The number of benzene rings is 1. The van der Waals surface area contributed by atoms with Crippen LogP contribution in [-0.2, 0) is 6.54 Å². The van der Waals surface area contributed by atoms with E-state index in [4.69, 9.17) is 16.3 Å². The fourth-order valence-corrected chi connectivity index (χ4v) is 2.48. The van der Waals surface area contributed by atoms with Crippen molar-refractivity contribution in [3.63, 3.8) is 0 Å². The van der Waals surface area contributed by atoms with Crippen molar-refractivity contribution in [2.45, 2.75) is 13.5 Å². The number of rotatable bonds is 6. The average molecular weight is 356 g/mol. The number of halogens is 1. The number of anilines is 3. The van der Waals surface area contributed by atoms with Crippen LogP contribution in [0.1, 0.15) is 11.3 Å². The molecule has 0 aliphatic heterocycles. The number of nitrogens with zero attached hydrogens (tertiary/aromatic N) is 3. The molecule has 0 radical (unpaired) electrons. The molecule has 3 rings (SSSR count). The largest absolute Gasteiger partial charge is 0.495 e. The first kappa shape index (κ1) is 17.0. The van der Waals surface area contributed by atoms with Crippen molar-refractivity contribution in [3.8, 4) is 5.75 Å². The van der Waals surface area contributed by atoms with Crippen LogP contribution < -0.4 is 15.4 Å². The molecule has 25 heavy (non-hydrogen) atoms. The molecule has 7 heteroatoms. The molecule has 6 nitrogen and oxygen atoms in total. The van der Waals surface area contributed by atoms with Gasteiger partial charge in [0.05, 0.1) is 12.8 Å². The van der Waals surface area contributed by atoms with Gasteiger partial charge in [-0.15, -0.1) is 0 Å². The summed E-state index contributed by atoms with van der Waals surface area (Å²) in [5.74, 6) is 1.89. The Morgan fingerprint density at radius 2 is 1.88 bits per heavy atom. The summed E-state index contributed by atoms with van der Waals surface area (Å²) in [5.41, 5.74) is 2.69. The lowest BCUT2D eigenvalue weighted by molar-refractivity contribution is 0.417. The van der Waals surface area contributed by atoms with Crippen LogP contribution in [0.5, 0.6) is 5.75 Å². The molecule has 0 saturated heterocycles. The maximum Gasteiger partial charge on any atom is 0.225 e. The number of hydrogen-bond acceptors (Lipinski definition) is 6. The van der Waals surface area contributed by atoms with Gasteiger partial charge in [0.15, 0.2) is 0 Å². The summed E-state index contributed by atoms with van der Waals surface area (Å²) in [6.45, 7) is 2.53. The van der Waals surface area contributed by atoms with E-state index in [1.165, 1.54) is 0 Å². The van der Waals surface area contributed by atoms with Gasteiger partial charge in [-0.3, -0.25) is 4.98 Å². The van der Waals surface area contributed by atoms with E-state index in [0.717, 1.165) is 16.9 Å². The first-order valence-electron chi connectivity index (χ1n) is 7.73. The van der Waals surface area contributed by atoms with Crippen molar-refractivity contribution in [1.29, 1.82) is 0 Å². The highest BCUT2D eigenvalue weighted by molar-refractivity contribution is 6.31. The van der Waals surface area contributed by atoms with Crippen LogP contribution in [0.15, 0.2) is 48.8 Å². The molecule has 2 aromatic heterocycles. The van der Waals surface area contributed by atoms with Crippen LogP contribution in [0.25, 0.3) is 0 Å². The number of pyridine rings is 1. The minimum Gasteiger partial charge on any atom is -0.495 e. The van der Waals surface area contributed by atoms with Crippen LogP contribution in [0.2, 0.25) is 5.02 Å². The zero-order valence-corrected chi connectivity index (χ0v) is 14.7. The lowest BCUT2D eigenvalue weighted by Crippen LogP contribution is -2.06. The van der Waals surface area contributed by atoms with Gasteiger partial charge in [-0.05, 0) is 42.8 Å². The summed E-state index contributed by atoms with van der Waals surface area (Å²) < 4.78 is 5.35. The molecule has 0 aliphatic rings. The Hall–Kier alpha value is -2.86. The van der Waals surface area contributed by atoms with Crippen LogP contribution in [0, 0.1) is 6.92 Å². The molecular formula is C18H18ClN5O. The van der Waals surface area contributed by atoms with E-state index < -0.39 is 0 Å². The molecule has 0 saturated carbocycles. The van der Waals surface area contributed by atoms with Crippen molar-refractivity contribution >= 4 is 29.1 Å². The van der Waals surface area contributed by atoms with Gasteiger partial charge in [0.2, 0.25) is 5.95 Å². The number of aromatic nitrogens is 3. The maximum absolute atomic E-state index is 6.07. The second-order valence-corrected chi connectivity index (χ2v) is 5.83. The molecular weight excluding hydrogens is 338 g/mol. The molecule has 3 aromatic rings. The van der Waals surface area contributed by atoms with E-state index in [2.05, 4.69) is 25.6 Å². The predicted molar refractivity (Wildman–Crippen MR) is 99.6 cm³/mol. The Labute approximate surface area is 151 Å². The van der Waals surface area contributed by atoms with Crippen molar-refractivity contribution in [1.82, 2.24) is 15.0 Å². The summed E-state index contributed by atoms with van der Waals surface area (Å²) in [7, 11) is 1.61. The van der Waals surface area contributed by atoms with Crippen molar-refractivity contribution in [2.24, 2.45) is 0 Å². The summed E-state index contributed by atoms with van der Waals surface area (Å²) in [5, 5.41) is 7.07. The Morgan fingerprint density at radius 1 is 1.08 bits per heavy atom. The molecule has 0 amide bonds. The third kappa shape index (κ3) is 4.58. The second-order valence-electron chi connectivity index (χ2n) is 5.40. The van der Waals surface area contributed by atoms with Gasteiger partial charge in [0, 0.05) is 35.7 Å². The van der Waals surface area contributed by atoms with Gasteiger partial charge in [-0.1, -0.05) is 11.6 Å². The Morgan fingerprint density at radius 3 is 2.64 bits per heavy atom. The third-order valence-corrected chi connectivity index (χ3v) is 3.71. The summed E-state index contributed by atoms with van der Waals surface area (Å²) in [4.78, 5) is 12.9. The monoisotopic (exact) mass is 355 g/mol. The van der Waals surface area contributed by atoms with E-state index >= 15 is 0 Å². The van der Waals surface area contributed by atoms with Crippen molar-refractivity contribution < 1.29 is 4.74 Å². The van der Waals surface area contributed by atoms with E-state index in [9.17, 15) is 0 Å². The molecule has 2 heterocycles. The number of methoxy groups -OCH3 is 1. The molecule has 128 valence electrons. The van der Waals surface area contributed by atoms with Gasteiger partial charge in [0.25, 0.3) is 0 Å². The van der Waals surface area contributed by atoms with Crippen LogP contribution in [0.4, 0.5) is 17.5 Å². The molecule has 0 fully saturated rings. The molecule has 0 aliphatic carbocycles. The Bertz CT molecular complexity index is 857. The molecule has 2 N–H and O–H groups in total. The predicted octanol–water partition coefficient (Wildman–Crippen LogP) is 4.20. The number of hydrogen-bond donors (Lipinski definition) is 2. The third-order valence-electron chi connectivity index (χ3n) is 3.48. The summed E-state index contributed by atoms with van der Waals surface area (Å²) >= 11 is 6.07. The lowest BCUT2D eigenvalue weighted by atomic mass is 10.3. The minimum atomic E-state index is 0.542. The molecule has 0 atom stereocenters. The molecule has 0 spiro atoms. The molecule has 1 aromatic carbocycles. The Kier molecular flexibility index (Phi) is 5.30. The standard InChI is InChI=1S/C18H18ClN5O/c1-12-9-17(23-15-10-14(19)3-4-16(15)25-2)24-18(22-12)21-11-13-5-7-20-8-6-13/h3-10H,11H2,1-2H3,(H2,21,22,23,24). The topological polar surface area (TPSA) is 72.0 Å². The first-order chi connectivity index (χ1) is 12.1. The SMILES string of the molecule is COc1ccc(Cl)cc1Nc1cc(C)nc(NCc2ccncc2)n1. The average Bonchev–Trinajstić information content (AvgIpc) is 2.61. The highest BCUT2D eigenvalue weighted by atomic mass is 35.5. The van der Waals surface area contributed by atoms with E-state index in [-0.39, 0.29) is 0 Å². The smallest absolute Gasteiger partial charge is 0.225 e. The van der Waals surface area contributed by atoms with Crippen molar-refractivity contribution in [2.75, 3.05) is 17.7 Å². The van der Waals surface area contributed by atoms with Crippen LogP contribution >= 0.6 is 11.6 Å². The number of nitrogens with one attached hydrogen (secondary N) is 2. The normalized spacial score (nSPS) is 10.4. The van der Waals surface area contributed by atoms with Gasteiger partial charge < -0.3 is 15.4 Å². The highest BCUT2D eigenvalue weighted by Crippen LogP contribution is 2.30. The zero-order valence-electron chi connectivity index (χ0n) is 14.0. The van der Waals surface area contributed by atoms with Crippen LogP contribution in [0.3, 0.4) is 0 Å². The van der Waals surface area contributed by atoms with Gasteiger partial charge in [-0.25, -0.2) is 4.98 Å². The van der Waals surface area contributed by atoms with Gasteiger partial charge >= 0.3 is 0 Å². The quantitative estimate of drug-likeness (QED) is 0.690. The molecule has 0 bridgehead atoms. The van der Waals surface area contributed by atoms with Gasteiger partial charge in [0.1, 0.15) is 11.6 Å². The van der Waals surface area contributed by atoms with E-state index in [0.29, 0.717) is 29.1 Å². The number of aryl methyl sites for hydroxylation is 1. The Balaban J connectivity index is 1.79. The van der Waals surface area contributed by atoms with E-state index in [1.54, 1.807) is 37.7 Å². The first-order valence-corrected chi connectivity index (χ1v) is 8.11. The summed E-state index contributed by atoms with van der Waals surface area (Å²) in [6, 6.07) is 11.1. The highest BCUT2D eigenvalue weighted by Gasteiger charge is 2.07. The fraction of sp³-hybridized carbons (Fsp3) is 0.167. The maximum atomic E-state index is 6.07. The van der Waals surface area contributed by atoms with Crippen molar-refractivity contribution in [3.05, 3.63) is 65.1 Å². The fourth-order valence-electron chi connectivity index (χ4n) is 2.31. The zero-order chi connectivity index (χ0) is 17.6. The molecule has 0 unspecified atom stereocenters. The van der Waals surface area contributed by atoms with E-state index in [1.807, 2.05) is 25.1 Å². The number of ether oxygens (including phenoxy) is 1.